The van der Waals surface area contributed by atoms with E-state index in [0.29, 0.717) is 6.54 Å². The first-order valence-corrected chi connectivity index (χ1v) is 6.62. The Morgan fingerprint density at radius 2 is 2.28 bits per heavy atom. The van der Waals surface area contributed by atoms with Gasteiger partial charge in [0.25, 0.3) is 0 Å². The molecule has 1 N–H and O–H groups in total. The molecule has 0 spiro atoms. The summed E-state index contributed by atoms with van der Waals surface area (Å²) in [6.07, 6.45) is 1.96. The van der Waals surface area contributed by atoms with Crippen LogP contribution >= 0.6 is 0 Å². The lowest BCUT2D eigenvalue weighted by Crippen LogP contribution is -2.52. The number of hydrogen-bond donors (Lipinski definition) is 1. The number of aliphatic hydroxyl groups is 1. The molecule has 0 unspecified atom stereocenters. The van der Waals surface area contributed by atoms with Crippen LogP contribution < -0.4 is 0 Å². The number of hydrogen-bond acceptors (Lipinski definition) is 4. The van der Waals surface area contributed by atoms with E-state index in [1.807, 2.05) is 26.1 Å². The second-order valence-corrected chi connectivity index (χ2v) is 5.75. The Hall–Kier alpha value is -0.840. The van der Waals surface area contributed by atoms with Crippen LogP contribution in [0.25, 0.3) is 0 Å². The lowest BCUT2D eigenvalue weighted by atomic mass is 9.92. The predicted octanol–water partition coefficient (Wildman–Crippen LogP) is 1.48. The van der Waals surface area contributed by atoms with Crippen LogP contribution in [0, 0.1) is 6.92 Å². The first-order valence-electron chi connectivity index (χ1n) is 6.62. The van der Waals surface area contributed by atoms with Gasteiger partial charge in [-0.2, -0.15) is 0 Å². The summed E-state index contributed by atoms with van der Waals surface area (Å²) in [5.74, 6) is 1.90. The summed E-state index contributed by atoms with van der Waals surface area (Å²) in [5, 5.41) is 10.6. The van der Waals surface area contributed by atoms with Crippen molar-refractivity contribution in [2.75, 3.05) is 33.7 Å². The highest BCUT2D eigenvalue weighted by atomic mass is 16.3. The molecule has 1 aliphatic heterocycles. The minimum atomic E-state index is -0.580. The van der Waals surface area contributed by atoms with Crippen molar-refractivity contribution in [2.24, 2.45) is 0 Å². The Morgan fingerprint density at radius 1 is 1.50 bits per heavy atom. The van der Waals surface area contributed by atoms with Crippen molar-refractivity contribution in [1.82, 2.24) is 9.80 Å². The van der Waals surface area contributed by atoms with Gasteiger partial charge in [-0.3, -0.25) is 4.90 Å². The zero-order chi connectivity index (χ0) is 13.2. The average molecular weight is 252 g/mol. The van der Waals surface area contributed by atoms with E-state index in [4.69, 9.17) is 4.42 Å². The molecule has 2 rings (SSSR count). The second kappa shape index (κ2) is 5.43. The SMILES string of the molecule is Cc1ccc(CN(C)C[C@@]2(O)CCCN(C)C2)o1. The molecule has 1 saturated heterocycles. The maximum absolute atomic E-state index is 10.6. The lowest BCUT2D eigenvalue weighted by Gasteiger charge is -2.39. The van der Waals surface area contributed by atoms with Gasteiger partial charge in [0, 0.05) is 13.1 Å². The van der Waals surface area contributed by atoms with Crippen LogP contribution in [0.2, 0.25) is 0 Å². The number of rotatable bonds is 4. The smallest absolute Gasteiger partial charge is 0.118 e. The van der Waals surface area contributed by atoms with E-state index in [-0.39, 0.29) is 0 Å². The first-order chi connectivity index (χ1) is 8.47. The van der Waals surface area contributed by atoms with Gasteiger partial charge in [-0.1, -0.05) is 0 Å². The minimum absolute atomic E-state index is 0.580. The van der Waals surface area contributed by atoms with Crippen molar-refractivity contribution in [3.05, 3.63) is 23.7 Å². The Kier molecular flexibility index (Phi) is 4.10. The van der Waals surface area contributed by atoms with Crippen LogP contribution in [-0.4, -0.2) is 54.2 Å². The molecular formula is C14H24N2O2. The Balaban J connectivity index is 1.88. The van der Waals surface area contributed by atoms with Crippen LogP contribution in [0.3, 0.4) is 0 Å². The van der Waals surface area contributed by atoms with Crippen molar-refractivity contribution in [1.29, 1.82) is 0 Å². The molecule has 0 bridgehead atoms. The van der Waals surface area contributed by atoms with Gasteiger partial charge in [0.05, 0.1) is 12.1 Å². The third-order valence-corrected chi connectivity index (χ3v) is 3.53. The highest BCUT2D eigenvalue weighted by Gasteiger charge is 2.32. The number of β-amino-alcohol motifs (C(OH)–C–C–N with tert-alkyl or cyclic N) is 1. The van der Waals surface area contributed by atoms with E-state index in [9.17, 15) is 5.11 Å². The largest absolute Gasteiger partial charge is 0.465 e. The Bertz CT molecular complexity index is 391. The highest BCUT2D eigenvalue weighted by Crippen LogP contribution is 2.21. The van der Waals surface area contributed by atoms with Gasteiger partial charge in [0.15, 0.2) is 0 Å². The van der Waals surface area contributed by atoms with E-state index in [1.54, 1.807) is 0 Å². The fourth-order valence-electron chi connectivity index (χ4n) is 2.86. The zero-order valence-electron chi connectivity index (χ0n) is 11.6. The number of nitrogens with zero attached hydrogens (tertiary/aromatic N) is 2. The monoisotopic (exact) mass is 252 g/mol. The molecule has 0 aliphatic carbocycles. The fraction of sp³-hybridized carbons (Fsp3) is 0.714. The molecule has 2 heterocycles. The van der Waals surface area contributed by atoms with Crippen LogP contribution in [-0.2, 0) is 6.54 Å². The summed E-state index contributed by atoms with van der Waals surface area (Å²) >= 11 is 0. The average Bonchev–Trinajstić information content (AvgIpc) is 2.62. The van der Waals surface area contributed by atoms with Crippen molar-refractivity contribution in [2.45, 2.75) is 31.9 Å². The van der Waals surface area contributed by atoms with Crippen molar-refractivity contribution in [3.8, 4) is 0 Å². The van der Waals surface area contributed by atoms with Crippen molar-refractivity contribution < 1.29 is 9.52 Å². The number of furan rings is 1. The molecule has 1 aliphatic rings. The Labute approximate surface area is 109 Å². The maximum atomic E-state index is 10.6. The number of aryl methyl sites for hydroxylation is 1. The molecule has 1 atom stereocenters. The van der Waals surface area contributed by atoms with E-state index >= 15 is 0 Å². The van der Waals surface area contributed by atoms with E-state index in [1.165, 1.54) is 0 Å². The maximum Gasteiger partial charge on any atom is 0.118 e. The van der Waals surface area contributed by atoms with Gasteiger partial charge in [-0.05, 0) is 52.5 Å². The normalized spacial score (nSPS) is 25.8. The van der Waals surface area contributed by atoms with Gasteiger partial charge in [-0.25, -0.2) is 0 Å². The Morgan fingerprint density at radius 3 is 2.89 bits per heavy atom. The molecule has 0 aromatic carbocycles. The van der Waals surface area contributed by atoms with Crippen LogP contribution in [0.4, 0.5) is 0 Å². The summed E-state index contributed by atoms with van der Waals surface area (Å²) in [5.41, 5.74) is -0.580. The lowest BCUT2D eigenvalue weighted by molar-refractivity contribution is -0.0448. The molecule has 1 aromatic rings. The van der Waals surface area contributed by atoms with Crippen LogP contribution in [0.1, 0.15) is 24.4 Å². The van der Waals surface area contributed by atoms with Crippen molar-refractivity contribution >= 4 is 0 Å². The molecule has 18 heavy (non-hydrogen) atoms. The molecule has 1 fully saturated rings. The molecular weight excluding hydrogens is 228 g/mol. The summed E-state index contributed by atoms with van der Waals surface area (Å²) in [6, 6.07) is 3.98. The van der Waals surface area contributed by atoms with Gasteiger partial charge in [0.1, 0.15) is 11.5 Å². The van der Waals surface area contributed by atoms with E-state index < -0.39 is 5.60 Å². The second-order valence-electron chi connectivity index (χ2n) is 5.75. The van der Waals surface area contributed by atoms with Gasteiger partial charge >= 0.3 is 0 Å². The summed E-state index contributed by atoms with van der Waals surface area (Å²) < 4.78 is 5.56. The molecule has 4 nitrogen and oxygen atoms in total. The fourth-order valence-corrected chi connectivity index (χ4v) is 2.86. The highest BCUT2D eigenvalue weighted by molar-refractivity contribution is 5.05. The number of piperidine rings is 1. The van der Waals surface area contributed by atoms with Crippen LogP contribution in [0.15, 0.2) is 16.5 Å². The van der Waals surface area contributed by atoms with Gasteiger partial charge < -0.3 is 14.4 Å². The molecule has 0 amide bonds. The molecule has 102 valence electrons. The van der Waals surface area contributed by atoms with E-state index in [2.05, 4.69) is 16.8 Å². The summed E-state index contributed by atoms with van der Waals surface area (Å²) in [7, 11) is 4.10. The molecule has 1 aromatic heterocycles. The molecule has 0 radical (unpaired) electrons. The standard InChI is InChI=1S/C14H24N2O2/c1-12-5-6-13(18-12)9-16(3)11-14(17)7-4-8-15(2)10-14/h5-6,17H,4,7-11H2,1-3H3/t14-/m1/s1. The van der Waals surface area contributed by atoms with Gasteiger partial charge in [-0.15, -0.1) is 0 Å². The van der Waals surface area contributed by atoms with Gasteiger partial charge in [0.2, 0.25) is 0 Å². The minimum Gasteiger partial charge on any atom is -0.465 e. The topological polar surface area (TPSA) is 39.9 Å². The zero-order valence-corrected chi connectivity index (χ0v) is 11.6. The third kappa shape index (κ3) is 3.57. The van der Waals surface area contributed by atoms with Crippen molar-refractivity contribution in [3.63, 3.8) is 0 Å². The first kappa shape index (κ1) is 13.6. The van der Waals surface area contributed by atoms with E-state index in [0.717, 1.165) is 44.0 Å². The number of likely N-dealkylation sites (tertiary alicyclic amines) is 1. The van der Waals surface area contributed by atoms with Crippen LogP contribution in [0.5, 0.6) is 0 Å². The number of likely N-dealkylation sites (N-methyl/N-ethyl adjacent to an activating group) is 2. The third-order valence-electron chi connectivity index (χ3n) is 3.53. The predicted molar refractivity (Wildman–Crippen MR) is 71.5 cm³/mol. The quantitative estimate of drug-likeness (QED) is 0.881. The summed E-state index contributed by atoms with van der Waals surface area (Å²) in [6.45, 7) is 5.24. The molecule has 4 heteroatoms. The summed E-state index contributed by atoms with van der Waals surface area (Å²) in [4.78, 5) is 4.34. The molecule has 0 saturated carbocycles.